The molecule has 4 aromatic rings. The number of fused-ring (bicyclic) bond motifs is 4. The Bertz CT molecular complexity index is 1160. The number of halogens is 1. The zero-order valence-corrected chi connectivity index (χ0v) is 16.5. The lowest BCUT2D eigenvalue weighted by atomic mass is 9.80. The Morgan fingerprint density at radius 1 is 1.11 bits per heavy atom. The summed E-state index contributed by atoms with van der Waals surface area (Å²) in [4.78, 5) is 4.63. The van der Waals surface area contributed by atoms with E-state index in [1.54, 1.807) is 27.4 Å². The van der Waals surface area contributed by atoms with Crippen LogP contribution in [0.1, 0.15) is 27.7 Å². The molecule has 0 aliphatic rings. The maximum Gasteiger partial charge on any atom is 0.331 e. The number of aliphatic hydroxyl groups is 1. The Labute approximate surface area is 163 Å². The Kier molecular flexibility index (Phi) is 4.22. The molecule has 27 heavy (non-hydrogen) atoms. The molecule has 2 aromatic heterocycles. The molecule has 0 unspecified atom stereocenters. The first-order valence-electron chi connectivity index (χ1n) is 8.81. The molecule has 1 N–H and O–H groups in total. The van der Waals surface area contributed by atoms with Crippen molar-refractivity contribution in [1.82, 2.24) is 4.98 Å². The molecule has 4 nitrogen and oxygen atoms in total. The van der Waals surface area contributed by atoms with Crippen molar-refractivity contribution in [3.63, 3.8) is 0 Å². The van der Waals surface area contributed by atoms with E-state index in [9.17, 15) is 5.11 Å². The summed E-state index contributed by atoms with van der Waals surface area (Å²) < 4.78 is 11.9. The number of furan rings is 1. The normalized spacial score (nSPS) is 13.0. The molecule has 0 amide bonds. The maximum atomic E-state index is 10.3. The monoisotopic (exact) mass is 380 g/mol. The quantitative estimate of drug-likeness (QED) is 0.526. The van der Waals surface area contributed by atoms with Crippen LogP contribution in [0.25, 0.3) is 33.0 Å². The van der Waals surface area contributed by atoms with Gasteiger partial charge in [0.15, 0.2) is 5.58 Å². The Morgan fingerprint density at radius 3 is 2.59 bits per heavy atom. The highest BCUT2D eigenvalue weighted by atomic mass is 35.5. The van der Waals surface area contributed by atoms with Gasteiger partial charge in [0.2, 0.25) is 5.71 Å². The molecule has 0 saturated heterocycles. The van der Waals surface area contributed by atoms with Crippen molar-refractivity contribution in [1.29, 1.82) is 0 Å². The van der Waals surface area contributed by atoms with Crippen molar-refractivity contribution in [2.45, 2.75) is 38.9 Å². The van der Waals surface area contributed by atoms with E-state index in [2.05, 4.69) is 11.1 Å². The van der Waals surface area contributed by atoms with E-state index in [0.29, 0.717) is 16.3 Å². The van der Waals surface area contributed by atoms with Crippen LogP contribution in [0.3, 0.4) is 0 Å². The molecular weight excluding hydrogens is 361 g/mol. The van der Waals surface area contributed by atoms with Gasteiger partial charge < -0.3 is 14.2 Å². The van der Waals surface area contributed by atoms with Crippen LogP contribution in [-0.2, 0) is 4.65 Å². The van der Waals surface area contributed by atoms with Crippen LogP contribution in [0.2, 0.25) is 5.02 Å². The number of pyridine rings is 1. The van der Waals surface area contributed by atoms with Gasteiger partial charge in [-0.3, -0.25) is 0 Å². The highest BCUT2D eigenvalue weighted by Crippen LogP contribution is 2.33. The second-order valence-corrected chi connectivity index (χ2v) is 8.19. The molecular formula is C21H20BClNO3. The number of rotatable bonds is 4. The van der Waals surface area contributed by atoms with Crippen LogP contribution >= 0.6 is 11.6 Å². The predicted molar refractivity (Wildman–Crippen MR) is 111 cm³/mol. The first-order chi connectivity index (χ1) is 12.7. The van der Waals surface area contributed by atoms with E-state index in [4.69, 9.17) is 20.7 Å². The maximum absolute atomic E-state index is 10.3. The van der Waals surface area contributed by atoms with Gasteiger partial charge in [-0.2, -0.15) is 0 Å². The summed E-state index contributed by atoms with van der Waals surface area (Å²) in [5.41, 5.74) is 1.02. The minimum absolute atomic E-state index is 0.519. The first-order valence-corrected chi connectivity index (χ1v) is 9.19. The fourth-order valence-electron chi connectivity index (χ4n) is 2.86. The molecule has 2 aromatic carbocycles. The van der Waals surface area contributed by atoms with Crippen molar-refractivity contribution in [3.05, 3.63) is 47.5 Å². The van der Waals surface area contributed by atoms with Crippen molar-refractivity contribution < 1.29 is 14.2 Å². The zero-order chi connectivity index (χ0) is 19.4. The van der Waals surface area contributed by atoms with Gasteiger partial charge in [0.05, 0.1) is 21.7 Å². The van der Waals surface area contributed by atoms with Crippen LogP contribution in [0.4, 0.5) is 0 Å². The second-order valence-electron chi connectivity index (χ2n) is 7.78. The summed E-state index contributed by atoms with van der Waals surface area (Å²) in [6, 6.07) is 13.6. The number of para-hydroxylation sites is 1. The Morgan fingerprint density at radius 2 is 1.85 bits per heavy atom. The molecule has 137 valence electrons. The molecule has 4 rings (SSSR count). The molecule has 0 saturated carbocycles. The number of hydrogen-bond acceptors (Lipinski definition) is 4. The van der Waals surface area contributed by atoms with E-state index in [0.717, 1.165) is 27.1 Å². The van der Waals surface area contributed by atoms with Crippen molar-refractivity contribution in [3.8, 4) is 0 Å². The number of nitrogens with zero attached hydrogens (tertiary/aromatic N) is 1. The topological polar surface area (TPSA) is 55.5 Å². The minimum Gasteiger partial charge on any atom is -0.436 e. The van der Waals surface area contributed by atoms with Gasteiger partial charge in [0.25, 0.3) is 0 Å². The third-order valence-electron chi connectivity index (χ3n) is 5.25. The summed E-state index contributed by atoms with van der Waals surface area (Å²) in [6.45, 7) is 7.14. The van der Waals surface area contributed by atoms with Crippen LogP contribution in [0, 0.1) is 0 Å². The Hall–Kier alpha value is -2.08. The van der Waals surface area contributed by atoms with E-state index in [-0.39, 0.29) is 0 Å². The molecule has 0 atom stereocenters. The number of benzene rings is 2. The number of aromatic nitrogens is 1. The second kappa shape index (κ2) is 6.23. The molecule has 0 aliphatic heterocycles. The van der Waals surface area contributed by atoms with E-state index >= 15 is 0 Å². The van der Waals surface area contributed by atoms with Crippen molar-refractivity contribution in [2.75, 3.05) is 0 Å². The lowest BCUT2D eigenvalue weighted by molar-refractivity contribution is -0.0893. The Balaban J connectivity index is 1.88. The van der Waals surface area contributed by atoms with Gasteiger partial charge >= 0.3 is 7.48 Å². The average Bonchev–Trinajstić information content (AvgIpc) is 2.98. The molecule has 2 heterocycles. The third kappa shape index (κ3) is 3.10. The molecule has 0 fully saturated rings. The van der Waals surface area contributed by atoms with Gasteiger partial charge in [0, 0.05) is 16.2 Å². The van der Waals surface area contributed by atoms with Gasteiger partial charge in [-0.1, -0.05) is 35.9 Å². The van der Waals surface area contributed by atoms with Crippen LogP contribution in [-0.4, -0.2) is 28.8 Å². The fraction of sp³-hybridized carbons (Fsp3) is 0.286. The van der Waals surface area contributed by atoms with Crippen LogP contribution in [0.15, 0.2) is 46.9 Å². The highest BCUT2D eigenvalue weighted by Gasteiger charge is 2.36. The van der Waals surface area contributed by atoms with Gasteiger partial charge in [-0.25, -0.2) is 4.98 Å². The molecule has 0 spiro atoms. The summed E-state index contributed by atoms with van der Waals surface area (Å²) >= 11 is 6.38. The summed E-state index contributed by atoms with van der Waals surface area (Å²) in [6.07, 6.45) is 0. The first kappa shape index (κ1) is 18.3. The van der Waals surface area contributed by atoms with Crippen LogP contribution in [0.5, 0.6) is 0 Å². The standard InChI is InChI=1S/C21H20BClNO3/c1-20(2,25)21(3,4)27-22-14-9-10-15(23)18-17(14)13-11-12-7-5-6-8-16(12)24-19(13)26-18/h5-11,25H,1-4H3. The minimum atomic E-state index is -1.01. The average molecular weight is 381 g/mol. The summed E-state index contributed by atoms with van der Waals surface area (Å²) in [5.74, 6) is 0. The third-order valence-corrected chi connectivity index (χ3v) is 5.55. The molecule has 0 bridgehead atoms. The van der Waals surface area contributed by atoms with E-state index in [1.807, 2.05) is 44.2 Å². The van der Waals surface area contributed by atoms with E-state index in [1.165, 1.54) is 0 Å². The molecule has 1 radical (unpaired) electrons. The molecule has 0 aliphatic carbocycles. The number of hydrogen-bond donors (Lipinski definition) is 1. The van der Waals surface area contributed by atoms with E-state index < -0.39 is 11.2 Å². The fourth-order valence-corrected chi connectivity index (χ4v) is 3.05. The SMILES string of the molecule is CC(C)(O)C(C)(C)O[B]c1ccc(Cl)c2oc3nc4ccccc4cc3c12. The van der Waals surface area contributed by atoms with Gasteiger partial charge in [-0.05, 0) is 51.4 Å². The molecule has 6 heteroatoms. The lowest BCUT2D eigenvalue weighted by Gasteiger charge is -2.37. The highest BCUT2D eigenvalue weighted by molar-refractivity contribution is 6.54. The van der Waals surface area contributed by atoms with Crippen molar-refractivity contribution >= 4 is 57.5 Å². The summed E-state index contributed by atoms with van der Waals surface area (Å²) in [7, 11) is 1.65. The zero-order valence-electron chi connectivity index (χ0n) is 15.7. The smallest absolute Gasteiger partial charge is 0.331 e. The van der Waals surface area contributed by atoms with Gasteiger partial charge in [0.1, 0.15) is 0 Å². The van der Waals surface area contributed by atoms with Gasteiger partial charge in [-0.15, -0.1) is 0 Å². The summed E-state index contributed by atoms with van der Waals surface area (Å²) in [5, 5.41) is 13.6. The lowest BCUT2D eigenvalue weighted by Crippen LogP contribution is -2.49. The van der Waals surface area contributed by atoms with Crippen LogP contribution < -0.4 is 5.46 Å². The largest absolute Gasteiger partial charge is 0.436 e. The predicted octanol–water partition coefficient (Wildman–Crippen LogP) is 4.60. The van der Waals surface area contributed by atoms with Crippen molar-refractivity contribution in [2.24, 2.45) is 0 Å².